The van der Waals surface area contributed by atoms with Gasteiger partial charge in [-0.15, -0.1) is 0 Å². The van der Waals surface area contributed by atoms with Gasteiger partial charge in [-0.3, -0.25) is 9.69 Å². The number of hydrogen-bond donors (Lipinski definition) is 1. The lowest BCUT2D eigenvalue weighted by Gasteiger charge is -2.34. The zero-order chi connectivity index (χ0) is 24.2. The van der Waals surface area contributed by atoms with E-state index in [0.717, 1.165) is 10.9 Å². The van der Waals surface area contributed by atoms with Gasteiger partial charge in [-0.05, 0) is 30.3 Å². The van der Waals surface area contributed by atoms with Gasteiger partial charge < -0.3 is 23.9 Å². The van der Waals surface area contributed by atoms with E-state index in [0.29, 0.717) is 60.4 Å². The summed E-state index contributed by atoms with van der Waals surface area (Å²) in [5.74, 6) is 1.71. The molecule has 3 aromatic carbocycles. The molecule has 1 aliphatic heterocycles. The Morgan fingerprint density at radius 3 is 2.40 bits per heavy atom. The van der Waals surface area contributed by atoms with Gasteiger partial charge in [-0.25, -0.2) is 0 Å². The number of ether oxygens (including phenoxy) is 3. The zero-order valence-corrected chi connectivity index (χ0v) is 19.8. The van der Waals surface area contributed by atoms with Gasteiger partial charge in [-0.1, -0.05) is 42.5 Å². The maximum Gasteiger partial charge on any atom is 0.255 e. The molecule has 1 atom stereocenters. The van der Waals surface area contributed by atoms with Crippen LogP contribution in [-0.2, 0) is 4.74 Å². The smallest absolute Gasteiger partial charge is 0.255 e. The molecule has 4 aromatic rings. The normalized spacial score (nSPS) is 15.0. The van der Waals surface area contributed by atoms with Crippen molar-refractivity contribution in [2.75, 3.05) is 45.8 Å². The lowest BCUT2D eigenvalue weighted by Crippen LogP contribution is -2.39. The molecule has 0 saturated carbocycles. The highest BCUT2D eigenvalue weighted by Gasteiger charge is 2.34. The average Bonchev–Trinajstić information content (AvgIpc) is 3.27. The highest BCUT2D eigenvalue weighted by molar-refractivity contribution is 6.09. The van der Waals surface area contributed by atoms with E-state index in [4.69, 9.17) is 18.6 Å². The van der Waals surface area contributed by atoms with Crippen LogP contribution in [0.3, 0.4) is 0 Å². The van der Waals surface area contributed by atoms with Crippen LogP contribution in [0.4, 0.5) is 5.69 Å². The number of anilines is 1. The predicted octanol–water partition coefficient (Wildman–Crippen LogP) is 5.12. The van der Waals surface area contributed by atoms with E-state index in [1.54, 1.807) is 26.4 Å². The van der Waals surface area contributed by atoms with E-state index in [1.807, 2.05) is 60.7 Å². The Kier molecular flexibility index (Phi) is 6.70. The highest BCUT2D eigenvalue weighted by atomic mass is 16.5. The average molecular weight is 473 g/mol. The minimum atomic E-state index is -0.331. The number of hydrogen-bond acceptors (Lipinski definition) is 6. The number of morpholine rings is 1. The molecule has 7 nitrogen and oxygen atoms in total. The Balaban J connectivity index is 1.69. The van der Waals surface area contributed by atoms with Crippen molar-refractivity contribution in [2.24, 2.45) is 0 Å². The van der Waals surface area contributed by atoms with Gasteiger partial charge in [0, 0.05) is 29.6 Å². The number of nitrogens with one attached hydrogen (secondary N) is 1. The Morgan fingerprint density at radius 1 is 0.914 bits per heavy atom. The van der Waals surface area contributed by atoms with Crippen LogP contribution in [-0.4, -0.2) is 51.3 Å². The molecule has 1 aliphatic rings. The summed E-state index contributed by atoms with van der Waals surface area (Å²) in [6.07, 6.45) is 0. The Labute approximate surface area is 204 Å². The zero-order valence-electron chi connectivity index (χ0n) is 19.8. The largest absolute Gasteiger partial charge is 0.493 e. The molecule has 1 saturated heterocycles. The molecule has 1 amide bonds. The summed E-state index contributed by atoms with van der Waals surface area (Å²) in [6, 6.07) is 22.4. The summed E-state index contributed by atoms with van der Waals surface area (Å²) in [5.41, 5.74) is 2.82. The van der Waals surface area contributed by atoms with Crippen LogP contribution in [0.5, 0.6) is 11.5 Å². The maximum absolute atomic E-state index is 13.2. The molecule has 7 heteroatoms. The second-order valence-corrected chi connectivity index (χ2v) is 8.29. The summed E-state index contributed by atoms with van der Waals surface area (Å²) >= 11 is 0. The van der Waals surface area contributed by atoms with E-state index in [9.17, 15) is 4.79 Å². The number of furan rings is 1. The van der Waals surface area contributed by atoms with Crippen molar-refractivity contribution in [1.82, 2.24) is 4.90 Å². The first-order valence-electron chi connectivity index (χ1n) is 11.6. The first-order chi connectivity index (χ1) is 17.2. The summed E-state index contributed by atoms with van der Waals surface area (Å²) in [6.45, 7) is 2.62. The molecule has 1 N–H and O–H groups in total. The standard InChI is InChI=1S/C28H28N2O5/c1-32-23-14-8-12-21(26(23)33-2)25(30-15-17-34-18-16-30)27-24(20-11-6-7-13-22(20)35-27)29-28(31)19-9-4-3-5-10-19/h3-14,25H,15-18H2,1-2H3,(H,29,31)/t25-/m1/s1. The fourth-order valence-electron chi connectivity index (χ4n) is 4.63. The van der Waals surface area contributed by atoms with Crippen LogP contribution in [0.2, 0.25) is 0 Å². The number of rotatable bonds is 7. The molecule has 35 heavy (non-hydrogen) atoms. The Hall–Kier alpha value is -3.81. The number of para-hydroxylation sites is 2. The minimum absolute atomic E-state index is 0.197. The predicted molar refractivity (Wildman–Crippen MR) is 134 cm³/mol. The molecule has 5 rings (SSSR count). The molecule has 1 aromatic heterocycles. The molecule has 0 radical (unpaired) electrons. The maximum atomic E-state index is 13.2. The lowest BCUT2D eigenvalue weighted by molar-refractivity contribution is 0.0201. The third-order valence-electron chi connectivity index (χ3n) is 6.28. The van der Waals surface area contributed by atoms with Crippen LogP contribution in [0, 0.1) is 0 Å². The molecule has 180 valence electrons. The SMILES string of the molecule is COc1cccc([C@H](c2oc3ccccc3c2NC(=O)c2ccccc2)N2CCOCC2)c1OC. The van der Waals surface area contributed by atoms with Crippen molar-refractivity contribution in [1.29, 1.82) is 0 Å². The summed E-state index contributed by atoms with van der Waals surface area (Å²) in [5, 5.41) is 3.98. The van der Waals surface area contributed by atoms with Crippen molar-refractivity contribution in [3.8, 4) is 11.5 Å². The number of nitrogens with zero attached hydrogens (tertiary/aromatic N) is 1. The van der Waals surface area contributed by atoms with Crippen LogP contribution in [0.25, 0.3) is 11.0 Å². The molecular formula is C28H28N2O5. The number of carbonyl (C=O) groups excluding carboxylic acids is 1. The molecule has 0 bridgehead atoms. The fourth-order valence-corrected chi connectivity index (χ4v) is 4.63. The van der Waals surface area contributed by atoms with E-state index >= 15 is 0 Å². The number of amides is 1. The lowest BCUT2D eigenvalue weighted by atomic mass is 9.98. The van der Waals surface area contributed by atoms with Gasteiger partial charge in [0.15, 0.2) is 17.3 Å². The van der Waals surface area contributed by atoms with Gasteiger partial charge in [0.25, 0.3) is 5.91 Å². The highest BCUT2D eigenvalue weighted by Crippen LogP contribution is 2.45. The second kappa shape index (κ2) is 10.2. The Morgan fingerprint density at radius 2 is 1.66 bits per heavy atom. The second-order valence-electron chi connectivity index (χ2n) is 8.29. The molecule has 2 heterocycles. The van der Waals surface area contributed by atoms with Crippen molar-refractivity contribution in [3.63, 3.8) is 0 Å². The summed E-state index contributed by atoms with van der Waals surface area (Å²) in [7, 11) is 3.26. The van der Waals surface area contributed by atoms with E-state index < -0.39 is 0 Å². The molecule has 0 spiro atoms. The number of fused-ring (bicyclic) bond motifs is 1. The van der Waals surface area contributed by atoms with Crippen molar-refractivity contribution < 1.29 is 23.4 Å². The van der Waals surface area contributed by atoms with Gasteiger partial charge in [0.1, 0.15) is 5.58 Å². The van der Waals surface area contributed by atoms with E-state index in [1.165, 1.54) is 0 Å². The molecule has 0 aliphatic carbocycles. The first kappa shape index (κ1) is 23.0. The monoisotopic (exact) mass is 472 g/mol. The molecular weight excluding hydrogens is 444 g/mol. The van der Waals surface area contributed by atoms with Crippen LogP contribution < -0.4 is 14.8 Å². The minimum Gasteiger partial charge on any atom is -0.493 e. The van der Waals surface area contributed by atoms with Gasteiger partial charge in [-0.2, -0.15) is 0 Å². The van der Waals surface area contributed by atoms with Gasteiger partial charge in [0.2, 0.25) is 0 Å². The van der Waals surface area contributed by atoms with Gasteiger partial charge in [0.05, 0.1) is 39.2 Å². The Bertz CT molecular complexity index is 1310. The summed E-state index contributed by atoms with van der Waals surface area (Å²) < 4.78 is 23.5. The first-order valence-corrected chi connectivity index (χ1v) is 11.6. The van der Waals surface area contributed by atoms with Crippen molar-refractivity contribution >= 4 is 22.6 Å². The number of carbonyl (C=O) groups is 1. The van der Waals surface area contributed by atoms with Crippen LogP contribution in [0.15, 0.2) is 77.2 Å². The fraction of sp³-hybridized carbons (Fsp3) is 0.250. The molecule has 1 fully saturated rings. The summed E-state index contributed by atoms with van der Waals surface area (Å²) in [4.78, 5) is 15.5. The van der Waals surface area contributed by atoms with E-state index in [-0.39, 0.29) is 11.9 Å². The van der Waals surface area contributed by atoms with Gasteiger partial charge >= 0.3 is 0 Å². The third-order valence-corrected chi connectivity index (χ3v) is 6.28. The number of benzene rings is 3. The third kappa shape index (κ3) is 4.48. The van der Waals surface area contributed by atoms with Crippen LogP contribution in [0.1, 0.15) is 27.7 Å². The quantitative estimate of drug-likeness (QED) is 0.402. The van der Waals surface area contributed by atoms with Crippen molar-refractivity contribution in [3.05, 3.63) is 89.7 Å². The van der Waals surface area contributed by atoms with E-state index in [2.05, 4.69) is 10.2 Å². The number of methoxy groups -OCH3 is 2. The van der Waals surface area contributed by atoms with Crippen molar-refractivity contribution in [2.45, 2.75) is 6.04 Å². The molecule has 0 unspecified atom stereocenters. The topological polar surface area (TPSA) is 73.2 Å². The van der Waals surface area contributed by atoms with Crippen LogP contribution >= 0.6 is 0 Å².